The smallest absolute Gasteiger partial charge is 0.130 e. The highest BCUT2D eigenvalue weighted by atomic mass is 16.5. The van der Waals surface area contributed by atoms with Gasteiger partial charge in [-0.2, -0.15) is 0 Å². The molecule has 1 aliphatic heterocycles. The molecule has 2 aromatic carbocycles. The Morgan fingerprint density at radius 3 is 2.90 bits per heavy atom. The first kappa shape index (κ1) is 13.2. The summed E-state index contributed by atoms with van der Waals surface area (Å²) in [6.45, 7) is 6.13. The van der Waals surface area contributed by atoms with Gasteiger partial charge in [-0.3, -0.25) is 0 Å². The zero-order valence-electron chi connectivity index (χ0n) is 12.1. The van der Waals surface area contributed by atoms with Crippen LogP contribution in [0.15, 0.2) is 42.5 Å². The van der Waals surface area contributed by atoms with Crippen LogP contribution in [0.4, 0.5) is 0 Å². The lowest BCUT2D eigenvalue weighted by molar-refractivity contribution is 0.358. The number of rotatable bonds is 4. The van der Waals surface area contributed by atoms with E-state index >= 15 is 0 Å². The molecule has 1 N–H and O–H groups in total. The average Bonchev–Trinajstić information content (AvgIpc) is 2.96. The molecule has 1 atom stereocenters. The van der Waals surface area contributed by atoms with Crippen LogP contribution < -0.4 is 10.1 Å². The zero-order chi connectivity index (χ0) is 13.9. The van der Waals surface area contributed by atoms with Gasteiger partial charge in [0.2, 0.25) is 0 Å². The molecular weight excluding hydrogens is 246 g/mol. The Kier molecular flexibility index (Phi) is 3.75. The zero-order valence-corrected chi connectivity index (χ0v) is 12.1. The van der Waals surface area contributed by atoms with Crippen molar-refractivity contribution in [2.24, 2.45) is 0 Å². The molecule has 3 rings (SSSR count). The van der Waals surface area contributed by atoms with E-state index in [0.717, 1.165) is 25.3 Å². The quantitative estimate of drug-likeness (QED) is 0.905. The maximum atomic E-state index is 5.82. The summed E-state index contributed by atoms with van der Waals surface area (Å²) in [4.78, 5) is 0. The van der Waals surface area contributed by atoms with Crippen molar-refractivity contribution >= 4 is 0 Å². The van der Waals surface area contributed by atoms with Gasteiger partial charge in [0.1, 0.15) is 5.75 Å². The molecule has 0 aliphatic carbocycles. The van der Waals surface area contributed by atoms with E-state index in [-0.39, 0.29) is 0 Å². The Bertz CT molecular complexity index is 606. The fourth-order valence-electron chi connectivity index (χ4n) is 2.84. The molecule has 0 saturated heterocycles. The van der Waals surface area contributed by atoms with E-state index in [9.17, 15) is 0 Å². The molecule has 0 aromatic heterocycles. The van der Waals surface area contributed by atoms with Crippen molar-refractivity contribution in [1.29, 1.82) is 0 Å². The van der Waals surface area contributed by atoms with E-state index in [0.29, 0.717) is 6.04 Å². The van der Waals surface area contributed by atoms with Crippen LogP contribution in [-0.2, 0) is 6.42 Å². The summed E-state index contributed by atoms with van der Waals surface area (Å²) in [7, 11) is 0. The Labute approximate surface area is 120 Å². The van der Waals surface area contributed by atoms with Crippen LogP contribution in [0.2, 0.25) is 0 Å². The van der Waals surface area contributed by atoms with Crippen LogP contribution in [0.3, 0.4) is 0 Å². The second-order valence-corrected chi connectivity index (χ2v) is 5.30. The van der Waals surface area contributed by atoms with Crippen LogP contribution in [0.5, 0.6) is 5.75 Å². The van der Waals surface area contributed by atoms with Gasteiger partial charge in [-0.05, 0) is 36.2 Å². The molecule has 0 bridgehead atoms. The molecule has 104 valence electrons. The van der Waals surface area contributed by atoms with Gasteiger partial charge in [-0.25, -0.2) is 0 Å². The van der Waals surface area contributed by atoms with Crippen molar-refractivity contribution in [3.8, 4) is 16.9 Å². The molecule has 0 amide bonds. The molecule has 0 radical (unpaired) electrons. The SMILES string of the molecule is CCNC(C)c1cccc(-c2cccc3c2OCC3)c1. The highest BCUT2D eigenvalue weighted by molar-refractivity contribution is 5.73. The predicted octanol–water partition coefficient (Wildman–Crippen LogP) is 3.96. The molecule has 1 heterocycles. The first-order valence-corrected chi connectivity index (χ1v) is 7.38. The van der Waals surface area contributed by atoms with Crippen LogP contribution in [0.1, 0.15) is 31.0 Å². The third kappa shape index (κ3) is 2.44. The summed E-state index contributed by atoms with van der Waals surface area (Å²) in [6.07, 6.45) is 1.02. The Morgan fingerprint density at radius 1 is 1.20 bits per heavy atom. The number of para-hydroxylation sites is 1. The highest BCUT2D eigenvalue weighted by Gasteiger charge is 2.17. The number of benzene rings is 2. The van der Waals surface area contributed by atoms with Crippen molar-refractivity contribution in [1.82, 2.24) is 5.32 Å². The Morgan fingerprint density at radius 2 is 2.05 bits per heavy atom. The van der Waals surface area contributed by atoms with E-state index in [1.165, 1.54) is 22.3 Å². The van der Waals surface area contributed by atoms with Crippen LogP contribution in [0.25, 0.3) is 11.1 Å². The van der Waals surface area contributed by atoms with Crippen LogP contribution >= 0.6 is 0 Å². The summed E-state index contributed by atoms with van der Waals surface area (Å²) < 4.78 is 5.82. The topological polar surface area (TPSA) is 21.3 Å². The maximum absolute atomic E-state index is 5.82. The monoisotopic (exact) mass is 267 g/mol. The van der Waals surface area contributed by atoms with Crippen molar-refractivity contribution in [2.75, 3.05) is 13.2 Å². The lowest BCUT2D eigenvalue weighted by Crippen LogP contribution is -2.17. The second kappa shape index (κ2) is 5.68. The van der Waals surface area contributed by atoms with Gasteiger partial charge in [-0.1, -0.05) is 43.3 Å². The first-order valence-electron chi connectivity index (χ1n) is 7.38. The third-order valence-electron chi connectivity index (χ3n) is 3.92. The first-order chi connectivity index (χ1) is 9.79. The van der Waals surface area contributed by atoms with Crippen LogP contribution in [0, 0.1) is 0 Å². The minimum Gasteiger partial charge on any atom is -0.492 e. The van der Waals surface area contributed by atoms with Gasteiger partial charge in [0, 0.05) is 18.0 Å². The van der Waals surface area contributed by atoms with Crippen LogP contribution in [-0.4, -0.2) is 13.2 Å². The molecule has 1 unspecified atom stereocenters. The standard InChI is InChI=1S/C18H21NO/c1-3-19-13(2)15-7-4-8-16(12-15)17-9-5-6-14-10-11-20-18(14)17/h4-9,12-13,19H,3,10-11H2,1-2H3. The summed E-state index contributed by atoms with van der Waals surface area (Å²) in [5.74, 6) is 1.07. The summed E-state index contributed by atoms with van der Waals surface area (Å²) in [6, 6.07) is 15.6. The number of ether oxygens (including phenoxy) is 1. The number of nitrogens with one attached hydrogen (secondary N) is 1. The molecule has 20 heavy (non-hydrogen) atoms. The summed E-state index contributed by atoms with van der Waals surface area (Å²) in [5.41, 5.74) is 5.10. The van der Waals surface area contributed by atoms with Gasteiger partial charge in [0.15, 0.2) is 0 Å². The minimum atomic E-state index is 0.373. The number of fused-ring (bicyclic) bond motifs is 1. The van der Waals surface area contributed by atoms with E-state index in [4.69, 9.17) is 4.74 Å². The van der Waals surface area contributed by atoms with E-state index in [1.54, 1.807) is 0 Å². The average molecular weight is 267 g/mol. The molecule has 2 aromatic rings. The largest absolute Gasteiger partial charge is 0.492 e. The maximum Gasteiger partial charge on any atom is 0.130 e. The van der Waals surface area contributed by atoms with Gasteiger partial charge >= 0.3 is 0 Å². The Balaban J connectivity index is 1.99. The summed E-state index contributed by atoms with van der Waals surface area (Å²) in [5, 5.41) is 3.46. The molecule has 0 fully saturated rings. The van der Waals surface area contributed by atoms with Gasteiger partial charge in [0.25, 0.3) is 0 Å². The van der Waals surface area contributed by atoms with E-state index in [2.05, 4.69) is 61.6 Å². The molecule has 2 heteroatoms. The molecular formula is C18H21NO. The minimum absolute atomic E-state index is 0.373. The molecule has 0 saturated carbocycles. The van der Waals surface area contributed by atoms with E-state index < -0.39 is 0 Å². The second-order valence-electron chi connectivity index (χ2n) is 5.30. The molecule has 1 aliphatic rings. The van der Waals surface area contributed by atoms with Gasteiger partial charge in [0.05, 0.1) is 6.61 Å². The fraction of sp³-hybridized carbons (Fsp3) is 0.333. The molecule has 0 spiro atoms. The van der Waals surface area contributed by atoms with Crippen molar-refractivity contribution in [2.45, 2.75) is 26.3 Å². The predicted molar refractivity (Wildman–Crippen MR) is 83.2 cm³/mol. The molecule has 2 nitrogen and oxygen atoms in total. The number of hydrogen-bond donors (Lipinski definition) is 1. The van der Waals surface area contributed by atoms with Crippen molar-refractivity contribution < 1.29 is 4.74 Å². The van der Waals surface area contributed by atoms with Gasteiger partial charge < -0.3 is 10.1 Å². The lowest BCUT2D eigenvalue weighted by Gasteiger charge is -2.15. The van der Waals surface area contributed by atoms with Crippen molar-refractivity contribution in [3.63, 3.8) is 0 Å². The normalized spacial score (nSPS) is 14.7. The lowest BCUT2D eigenvalue weighted by atomic mass is 9.97. The highest BCUT2D eigenvalue weighted by Crippen LogP contribution is 2.37. The number of hydrogen-bond acceptors (Lipinski definition) is 2. The van der Waals surface area contributed by atoms with Gasteiger partial charge in [-0.15, -0.1) is 0 Å². The Hall–Kier alpha value is -1.80. The fourth-order valence-corrected chi connectivity index (χ4v) is 2.84. The van der Waals surface area contributed by atoms with Crippen molar-refractivity contribution in [3.05, 3.63) is 53.6 Å². The van der Waals surface area contributed by atoms with E-state index in [1.807, 2.05) is 0 Å². The summed E-state index contributed by atoms with van der Waals surface area (Å²) >= 11 is 0. The third-order valence-corrected chi connectivity index (χ3v) is 3.92.